The van der Waals surface area contributed by atoms with E-state index in [9.17, 15) is 9.59 Å². The van der Waals surface area contributed by atoms with Crippen LogP contribution in [0, 0.1) is 0 Å². The minimum Gasteiger partial charge on any atom is -0.349 e. The zero-order chi connectivity index (χ0) is 19.2. The smallest absolute Gasteiger partial charge is 0.319 e. The van der Waals surface area contributed by atoms with Crippen LogP contribution in [-0.4, -0.2) is 24.0 Å². The lowest BCUT2D eigenvalue weighted by Gasteiger charge is -2.15. The van der Waals surface area contributed by atoms with E-state index >= 15 is 0 Å². The summed E-state index contributed by atoms with van der Waals surface area (Å²) in [6.45, 7) is 1.97. The fourth-order valence-electron chi connectivity index (χ4n) is 2.76. The monoisotopic (exact) mass is 385 g/mol. The van der Waals surface area contributed by atoms with E-state index in [0.29, 0.717) is 16.3 Å². The topological polar surface area (TPSA) is 70.2 Å². The summed E-state index contributed by atoms with van der Waals surface area (Å²) < 4.78 is 0. The van der Waals surface area contributed by atoms with Crippen molar-refractivity contribution in [2.24, 2.45) is 0 Å². The van der Waals surface area contributed by atoms with Crippen LogP contribution < -0.4 is 16.0 Å². The van der Waals surface area contributed by atoms with Crippen molar-refractivity contribution in [2.75, 3.05) is 5.32 Å². The van der Waals surface area contributed by atoms with Gasteiger partial charge in [-0.25, -0.2) is 4.79 Å². The fourth-order valence-corrected chi connectivity index (χ4v) is 2.96. The molecule has 5 nitrogen and oxygen atoms in total. The highest BCUT2D eigenvalue weighted by molar-refractivity contribution is 6.34. The zero-order valence-corrected chi connectivity index (χ0v) is 16.1. The molecule has 3 amide bonds. The molecule has 0 spiro atoms. The molecule has 142 valence electrons. The van der Waals surface area contributed by atoms with E-state index < -0.39 is 0 Å². The van der Waals surface area contributed by atoms with Crippen LogP contribution in [0.1, 0.15) is 42.1 Å². The van der Waals surface area contributed by atoms with Crippen molar-refractivity contribution in [1.29, 1.82) is 0 Å². The maximum absolute atomic E-state index is 12.2. The summed E-state index contributed by atoms with van der Waals surface area (Å²) in [5, 5.41) is 8.97. The van der Waals surface area contributed by atoms with Gasteiger partial charge in [0, 0.05) is 17.8 Å². The predicted molar refractivity (Wildman–Crippen MR) is 108 cm³/mol. The molecule has 3 N–H and O–H groups in total. The third-order valence-electron chi connectivity index (χ3n) is 4.47. The van der Waals surface area contributed by atoms with E-state index in [1.807, 2.05) is 25.1 Å². The minimum atomic E-state index is -0.300. The lowest BCUT2D eigenvalue weighted by atomic mass is 10.1. The van der Waals surface area contributed by atoms with Crippen LogP contribution in [0.4, 0.5) is 10.5 Å². The second kappa shape index (κ2) is 8.91. The van der Waals surface area contributed by atoms with Crippen LogP contribution in [0.15, 0.2) is 48.5 Å². The molecule has 1 atom stereocenters. The number of benzene rings is 2. The Balaban J connectivity index is 1.51. The molecule has 1 saturated carbocycles. The predicted octanol–water partition coefficient (Wildman–Crippen LogP) is 4.38. The van der Waals surface area contributed by atoms with Gasteiger partial charge >= 0.3 is 6.03 Å². The third-order valence-corrected chi connectivity index (χ3v) is 4.80. The molecular formula is C21H24ClN3O2. The largest absolute Gasteiger partial charge is 0.349 e. The van der Waals surface area contributed by atoms with Crippen LogP contribution >= 0.6 is 11.6 Å². The Morgan fingerprint density at radius 1 is 1.15 bits per heavy atom. The molecule has 1 fully saturated rings. The van der Waals surface area contributed by atoms with Crippen molar-refractivity contribution in [2.45, 2.75) is 44.7 Å². The number of aryl methyl sites for hydroxylation is 1. The van der Waals surface area contributed by atoms with Crippen molar-refractivity contribution in [3.63, 3.8) is 0 Å². The first-order valence-corrected chi connectivity index (χ1v) is 9.61. The highest BCUT2D eigenvalue weighted by Gasteiger charge is 2.25. The molecule has 0 aromatic heterocycles. The Bertz CT molecular complexity index is 806. The van der Waals surface area contributed by atoms with Gasteiger partial charge in [0.05, 0.1) is 10.6 Å². The standard InChI is InChI=1S/C21H24ClN3O2/c1-14(7-8-15-5-3-2-4-6-15)23-21(27)25-17-11-12-19(22)18(13-17)20(26)24-16-9-10-16/h2-6,11-14,16H,7-10H2,1H3,(H,24,26)(H2,23,25,27). The molecule has 2 aromatic carbocycles. The molecule has 1 unspecified atom stereocenters. The Hall–Kier alpha value is -2.53. The van der Waals surface area contributed by atoms with Crippen LogP contribution in [-0.2, 0) is 6.42 Å². The Kier molecular flexibility index (Phi) is 6.35. The number of anilines is 1. The molecule has 0 bridgehead atoms. The fraction of sp³-hybridized carbons (Fsp3) is 0.333. The van der Waals surface area contributed by atoms with Gasteiger partial charge in [-0.05, 0) is 56.4 Å². The molecule has 0 saturated heterocycles. The average molecular weight is 386 g/mol. The molecular weight excluding hydrogens is 362 g/mol. The normalized spacial score (nSPS) is 14.3. The maximum atomic E-state index is 12.2. The molecule has 1 aliphatic rings. The number of hydrogen-bond donors (Lipinski definition) is 3. The molecule has 27 heavy (non-hydrogen) atoms. The van der Waals surface area contributed by atoms with Crippen LogP contribution in [0.3, 0.4) is 0 Å². The SMILES string of the molecule is CC(CCc1ccccc1)NC(=O)Nc1ccc(Cl)c(C(=O)NC2CC2)c1. The van der Waals surface area contributed by atoms with E-state index in [1.54, 1.807) is 18.2 Å². The summed E-state index contributed by atoms with van der Waals surface area (Å²) in [6, 6.07) is 15.1. The van der Waals surface area contributed by atoms with E-state index in [2.05, 4.69) is 28.1 Å². The number of urea groups is 1. The number of halogens is 1. The molecule has 2 aromatic rings. The first-order chi connectivity index (χ1) is 13.0. The van der Waals surface area contributed by atoms with Crippen molar-refractivity contribution < 1.29 is 9.59 Å². The number of carbonyl (C=O) groups excluding carboxylic acids is 2. The Morgan fingerprint density at radius 2 is 1.89 bits per heavy atom. The van der Waals surface area contributed by atoms with Gasteiger partial charge in [0.1, 0.15) is 0 Å². The van der Waals surface area contributed by atoms with Gasteiger partial charge in [-0.2, -0.15) is 0 Å². The molecule has 0 radical (unpaired) electrons. The first kappa shape index (κ1) is 19.2. The Labute approximate surface area is 164 Å². The summed E-state index contributed by atoms with van der Waals surface area (Å²) in [4.78, 5) is 24.5. The van der Waals surface area contributed by atoms with Gasteiger partial charge in [0.25, 0.3) is 5.91 Å². The quantitative estimate of drug-likeness (QED) is 0.662. The number of nitrogens with one attached hydrogen (secondary N) is 3. The average Bonchev–Trinajstić information content (AvgIpc) is 3.46. The number of amides is 3. The van der Waals surface area contributed by atoms with Crippen molar-refractivity contribution in [3.05, 3.63) is 64.7 Å². The molecule has 0 heterocycles. The second-order valence-corrected chi connectivity index (χ2v) is 7.37. The van der Waals surface area contributed by atoms with Gasteiger partial charge in [0.2, 0.25) is 0 Å². The summed E-state index contributed by atoms with van der Waals surface area (Å²) in [5.41, 5.74) is 2.15. The lowest BCUT2D eigenvalue weighted by molar-refractivity contribution is 0.0951. The van der Waals surface area contributed by atoms with Gasteiger partial charge in [-0.1, -0.05) is 41.9 Å². The zero-order valence-electron chi connectivity index (χ0n) is 15.3. The highest BCUT2D eigenvalue weighted by Crippen LogP contribution is 2.24. The summed E-state index contributed by atoms with van der Waals surface area (Å²) >= 11 is 6.13. The van der Waals surface area contributed by atoms with Crippen LogP contribution in [0.25, 0.3) is 0 Å². The lowest BCUT2D eigenvalue weighted by Crippen LogP contribution is -2.36. The molecule has 3 rings (SSSR count). The first-order valence-electron chi connectivity index (χ1n) is 9.23. The summed E-state index contributed by atoms with van der Waals surface area (Å²) in [5.74, 6) is -0.206. The van der Waals surface area contributed by atoms with E-state index in [1.165, 1.54) is 5.56 Å². The van der Waals surface area contributed by atoms with Crippen molar-refractivity contribution in [1.82, 2.24) is 10.6 Å². The van der Waals surface area contributed by atoms with E-state index in [0.717, 1.165) is 25.7 Å². The number of rotatable bonds is 7. The molecule has 0 aliphatic heterocycles. The summed E-state index contributed by atoms with van der Waals surface area (Å²) in [6.07, 6.45) is 3.75. The minimum absolute atomic E-state index is 0.0233. The third kappa shape index (κ3) is 6.00. The van der Waals surface area contributed by atoms with Gasteiger partial charge in [0.15, 0.2) is 0 Å². The number of hydrogen-bond acceptors (Lipinski definition) is 2. The van der Waals surface area contributed by atoms with Crippen molar-refractivity contribution in [3.8, 4) is 0 Å². The molecule has 1 aliphatic carbocycles. The highest BCUT2D eigenvalue weighted by atomic mass is 35.5. The molecule has 6 heteroatoms. The number of carbonyl (C=O) groups is 2. The van der Waals surface area contributed by atoms with Gasteiger partial charge in [-0.3, -0.25) is 4.79 Å². The van der Waals surface area contributed by atoms with E-state index in [-0.39, 0.29) is 24.0 Å². The van der Waals surface area contributed by atoms with Gasteiger partial charge < -0.3 is 16.0 Å². The van der Waals surface area contributed by atoms with Crippen LogP contribution in [0.5, 0.6) is 0 Å². The van der Waals surface area contributed by atoms with Gasteiger partial charge in [-0.15, -0.1) is 0 Å². The van der Waals surface area contributed by atoms with Crippen molar-refractivity contribution >= 4 is 29.2 Å². The van der Waals surface area contributed by atoms with Crippen LogP contribution in [0.2, 0.25) is 5.02 Å². The second-order valence-electron chi connectivity index (χ2n) is 6.97. The Morgan fingerprint density at radius 3 is 2.59 bits per heavy atom. The maximum Gasteiger partial charge on any atom is 0.319 e. The van der Waals surface area contributed by atoms with E-state index in [4.69, 9.17) is 11.6 Å². The summed E-state index contributed by atoms with van der Waals surface area (Å²) in [7, 11) is 0.